The van der Waals surface area contributed by atoms with E-state index >= 15 is 0 Å². The number of nitriles is 1. The third-order valence-corrected chi connectivity index (χ3v) is 4.22. The number of benzene rings is 1. The van der Waals surface area contributed by atoms with Crippen LogP contribution in [0.2, 0.25) is 0 Å². The van der Waals surface area contributed by atoms with Gasteiger partial charge in [-0.15, -0.1) is 0 Å². The SMILES string of the molecule is COc1ccccc1CNC(C)CC1(C#N)CCOCC1. The summed E-state index contributed by atoms with van der Waals surface area (Å²) in [6, 6.07) is 10.8. The number of para-hydroxylation sites is 1. The molecule has 1 aliphatic heterocycles. The van der Waals surface area contributed by atoms with E-state index in [-0.39, 0.29) is 11.5 Å². The van der Waals surface area contributed by atoms with Crippen LogP contribution < -0.4 is 10.1 Å². The zero-order valence-corrected chi connectivity index (χ0v) is 12.9. The largest absolute Gasteiger partial charge is 0.496 e. The van der Waals surface area contributed by atoms with Gasteiger partial charge in [0.25, 0.3) is 0 Å². The molecule has 4 nitrogen and oxygen atoms in total. The fourth-order valence-corrected chi connectivity index (χ4v) is 2.92. The molecular weight excluding hydrogens is 264 g/mol. The topological polar surface area (TPSA) is 54.3 Å². The van der Waals surface area contributed by atoms with Gasteiger partial charge in [-0.25, -0.2) is 0 Å². The van der Waals surface area contributed by atoms with Gasteiger partial charge in [0.1, 0.15) is 5.75 Å². The van der Waals surface area contributed by atoms with Crippen LogP contribution in [-0.4, -0.2) is 26.4 Å². The van der Waals surface area contributed by atoms with Gasteiger partial charge in [0, 0.05) is 31.4 Å². The predicted octanol–water partition coefficient (Wildman–Crippen LogP) is 2.88. The molecule has 0 aliphatic carbocycles. The first-order chi connectivity index (χ1) is 10.2. The molecule has 4 heteroatoms. The molecule has 1 heterocycles. The van der Waals surface area contributed by atoms with Crippen molar-refractivity contribution in [3.05, 3.63) is 29.8 Å². The Balaban J connectivity index is 1.89. The fourth-order valence-electron chi connectivity index (χ4n) is 2.92. The average Bonchev–Trinajstić information content (AvgIpc) is 2.54. The molecule has 21 heavy (non-hydrogen) atoms. The van der Waals surface area contributed by atoms with Gasteiger partial charge in [-0.1, -0.05) is 18.2 Å². The first-order valence-electron chi connectivity index (χ1n) is 7.53. The summed E-state index contributed by atoms with van der Waals surface area (Å²) in [5, 5.41) is 13.0. The van der Waals surface area contributed by atoms with Crippen molar-refractivity contribution in [1.82, 2.24) is 5.32 Å². The van der Waals surface area contributed by atoms with Gasteiger partial charge >= 0.3 is 0 Å². The van der Waals surface area contributed by atoms with Crippen LogP contribution >= 0.6 is 0 Å². The normalized spacial score (nSPS) is 18.7. The number of nitrogens with zero attached hydrogens (tertiary/aromatic N) is 1. The van der Waals surface area contributed by atoms with Crippen molar-refractivity contribution in [2.45, 2.75) is 38.8 Å². The summed E-state index contributed by atoms with van der Waals surface area (Å²) < 4.78 is 10.7. The molecule has 1 aliphatic rings. The van der Waals surface area contributed by atoms with E-state index < -0.39 is 0 Å². The summed E-state index contributed by atoms with van der Waals surface area (Å²) in [5.41, 5.74) is 0.913. The molecule has 0 aromatic heterocycles. The molecule has 0 saturated carbocycles. The molecule has 0 radical (unpaired) electrons. The van der Waals surface area contributed by atoms with Gasteiger partial charge in [-0.3, -0.25) is 0 Å². The molecule has 0 spiro atoms. The smallest absolute Gasteiger partial charge is 0.123 e. The van der Waals surface area contributed by atoms with Crippen LogP contribution in [0.1, 0.15) is 31.7 Å². The first kappa shape index (κ1) is 15.8. The number of rotatable bonds is 6. The Bertz CT molecular complexity index is 490. The van der Waals surface area contributed by atoms with Crippen LogP contribution in [0, 0.1) is 16.7 Å². The minimum atomic E-state index is -0.231. The van der Waals surface area contributed by atoms with Crippen molar-refractivity contribution in [3.63, 3.8) is 0 Å². The average molecular weight is 288 g/mol. The third-order valence-electron chi connectivity index (χ3n) is 4.22. The lowest BCUT2D eigenvalue weighted by molar-refractivity contribution is 0.0332. The van der Waals surface area contributed by atoms with Gasteiger partial charge in [-0.2, -0.15) is 5.26 Å². The van der Waals surface area contributed by atoms with E-state index in [1.54, 1.807) is 7.11 Å². The minimum absolute atomic E-state index is 0.231. The van der Waals surface area contributed by atoms with E-state index in [9.17, 15) is 5.26 Å². The molecule has 1 aromatic carbocycles. The van der Waals surface area contributed by atoms with Crippen LogP contribution in [0.25, 0.3) is 0 Å². The third kappa shape index (κ3) is 4.20. The molecule has 1 fully saturated rings. The highest BCUT2D eigenvalue weighted by molar-refractivity contribution is 5.33. The van der Waals surface area contributed by atoms with Crippen LogP contribution in [0.4, 0.5) is 0 Å². The fraction of sp³-hybridized carbons (Fsp3) is 0.588. The van der Waals surface area contributed by atoms with Gasteiger partial charge in [-0.05, 0) is 32.3 Å². The van der Waals surface area contributed by atoms with Crippen molar-refractivity contribution in [2.24, 2.45) is 5.41 Å². The molecule has 2 rings (SSSR count). The second kappa shape index (κ2) is 7.44. The number of hydrogen-bond donors (Lipinski definition) is 1. The Kier molecular flexibility index (Phi) is 5.60. The van der Waals surface area contributed by atoms with Crippen molar-refractivity contribution in [1.29, 1.82) is 5.26 Å². The lowest BCUT2D eigenvalue weighted by atomic mass is 9.77. The Morgan fingerprint density at radius 3 is 2.76 bits per heavy atom. The molecule has 1 atom stereocenters. The van der Waals surface area contributed by atoms with Crippen LogP contribution in [0.5, 0.6) is 5.75 Å². The van der Waals surface area contributed by atoms with Gasteiger partial charge in [0.05, 0.1) is 18.6 Å². The van der Waals surface area contributed by atoms with E-state index in [1.807, 2.05) is 18.2 Å². The predicted molar refractivity (Wildman–Crippen MR) is 82.0 cm³/mol. The van der Waals surface area contributed by atoms with E-state index in [2.05, 4.69) is 24.4 Å². The number of ether oxygens (including phenoxy) is 2. The maximum atomic E-state index is 9.50. The summed E-state index contributed by atoms with van der Waals surface area (Å²) in [6.45, 7) is 4.30. The highest BCUT2D eigenvalue weighted by Crippen LogP contribution is 2.34. The molecule has 114 valence electrons. The van der Waals surface area contributed by atoms with E-state index in [1.165, 1.54) is 0 Å². The minimum Gasteiger partial charge on any atom is -0.496 e. The highest BCUT2D eigenvalue weighted by Gasteiger charge is 2.34. The summed E-state index contributed by atoms with van der Waals surface area (Å²) in [7, 11) is 1.69. The quantitative estimate of drug-likeness (QED) is 0.874. The van der Waals surface area contributed by atoms with Crippen molar-refractivity contribution in [2.75, 3.05) is 20.3 Å². The molecule has 1 N–H and O–H groups in total. The number of hydrogen-bond acceptors (Lipinski definition) is 4. The molecule has 0 bridgehead atoms. The van der Waals surface area contributed by atoms with Crippen LogP contribution in [-0.2, 0) is 11.3 Å². The van der Waals surface area contributed by atoms with Gasteiger partial charge < -0.3 is 14.8 Å². The highest BCUT2D eigenvalue weighted by atomic mass is 16.5. The van der Waals surface area contributed by atoms with Gasteiger partial charge in [0.15, 0.2) is 0 Å². The lowest BCUT2D eigenvalue weighted by Crippen LogP contribution is -2.36. The second-order valence-corrected chi connectivity index (χ2v) is 5.80. The number of nitrogens with one attached hydrogen (secondary N) is 1. The lowest BCUT2D eigenvalue weighted by Gasteiger charge is -2.33. The maximum absolute atomic E-state index is 9.50. The van der Waals surface area contributed by atoms with E-state index in [4.69, 9.17) is 9.47 Å². The van der Waals surface area contributed by atoms with Crippen LogP contribution in [0.15, 0.2) is 24.3 Å². The second-order valence-electron chi connectivity index (χ2n) is 5.80. The summed E-state index contributed by atoms with van der Waals surface area (Å²) in [4.78, 5) is 0. The van der Waals surface area contributed by atoms with Gasteiger partial charge in [0.2, 0.25) is 0 Å². The summed E-state index contributed by atoms with van der Waals surface area (Å²) in [5.74, 6) is 0.901. The zero-order valence-electron chi connectivity index (χ0n) is 12.9. The molecule has 1 unspecified atom stereocenters. The Morgan fingerprint density at radius 2 is 2.10 bits per heavy atom. The monoisotopic (exact) mass is 288 g/mol. The molecule has 0 amide bonds. The Morgan fingerprint density at radius 1 is 1.38 bits per heavy atom. The van der Waals surface area contributed by atoms with Crippen molar-refractivity contribution in [3.8, 4) is 11.8 Å². The Hall–Kier alpha value is -1.57. The van der Waals surface area contributed by atoms with Crippen molar-refractivity contribution >= 4 is 0 Å². The van der Waals surface area contributed by atoms with E-state index in [0.717, 1.165) is 37.1 Å². The maximum Gasteiger partial charge on any atom is 0.123 e. The zero-order chi connectivity index (χ0) is 15.1. The Labute approximate surface area is 127 Å². The standard InChI is InChI=1S/C17H24N2O2/c1-14(11-17(13-18)7-9-21-10-8-17)19-12-15-5-3-4-6-16(15)20-2/h3-6,14,19H,7-12H2,1-2H3. The molecule has 1 saturated heterocycles. The molecule has 1 aromatic rings. The van der Waals surface area contributed by atoms with Crippen molar-refractivity contribution < 1.29 is 9.47 Å². The van der Waals surface area contributed by atoms with Crippen LogP contribution in [0.3, 0.4) is 0 Å². The van der Waals surface area contributed by atoms with E-state index in [0.29, 0.717) is 13.2 Å². The number of methoxy groups -OCH3 is 1. The summed E-state index contributed by atoms with van der Waals surface area (Å²) >= 11 is 0. The summed E-state index contributed by atoms with van der Waals surface area (Å²) in [6.07, 6.45) is 2.54. The first-order valence-corrected chi connectivity index (χ1v) is 7.53. The molecular formula is C17H24N2O2.